The topological polar surface area (TPSA) is 134 Å². The van der Waals surface area contributed by atoms with Gasteiger partial charge in [-0.2, -0.15) is 0 Å². The van der Waals surface area contributed by atoms with E-state index in [1.807, 2.05) is 28.8 Å². The summed E-state index contributed by atoms with van der Waals surface area (Å²) in [5, 5.41) is 32.2. The Labute approximate surface area is 219 Å². The van der Waals surface area contributed by atoms with E-state index in [0.717, 1.165) is 24.1 Å². The van der Waals surface area contributed by atoms with Crippen LogP contribution in [0.4, 0.5) is 4.39 Å². The Morgan fingerprint density at radius 2 is 1.84 bits per heavy atom. The lowest BCUT2D eigenvalue weighted by molar-refractivity contribution is -0.139. The number of amides is 1. The Kier molecular flexibility index (Phi) is 8.75. The van der Waals surface area contributed by atoms with Crippen molar-refractivity contribution in [3.8, 4) is 17.1 Å². The van der Waals surface area contributed by atoms with Crippen LogP contribution in [0.3, 0.4) is 0 Å². The van der Waals surface area contributed by atoms with Gasteiger partial charge in [-0.1, -0.05) is 18.2 Å². The molecule has 38 heavy (non-hydrogen) atoms. The van der Waals surface area contributed by atoms with Crippen molar-refractivity contribution in [3.05, 3.63) is 71.3 Å². The zero-order valence-electron chi connectivity index (χ0n) is 21.1. The maximum Gasteiger partial charge on any atom is 0.305 e. The van der Waals surface area contributed by atoms with Gasteiger partial charge >= 0.3 is 5.97 Å². The van der Waals surface area contributed by atoms with Crippen LogP contribution < -0.4 is 10.1 Å². The fourth-order valence-electron chi connectivity index (χ4n) is 4.55. The first-order valence-electron chi connectivity index (χ1n) is 12.6. The van der Waals surface area contributed by atoms with E-state index >= 15 is 0 Å². The molecule has 1 saturated carbocycles. The summed E-state index contributed by atoms with van der Waals surface area (Å²) in [7, 11) is 1.57. The molecular weight excluding hydrogens is 493 g/mol. The second-order valence-electron chi connectivity index (χ2n) is 9.53. The van der Waals surface area contributed by atoms with Crippen molar-refractivity contribution in [2.45, 2.75) is 63.3 Å². The summed E-state index contributed by atoms with van der Waals surface area (Å²) in [6.45, 7) is 0.526. The number of aliphatic hydroxyl groups excluding tert-OH is 2. The number of carboxylic acids is 1. The number of aliphatic carboxylic acids is 1. The molecule has 1 fully saturated rings. The van der Waals surface area contributed by atoms with E-state index in [-0.39, 0.29) is 43.5 Å². The zero-order chi connectivity index (χ0) is 27.2. The van der Waals surface area contributed by atoms with E-state index in [0.29, 0.717) is 17.1 Å². The average Bonchev–Trinajstić information content (AvgIpc) is 3.66. The number of para-hydroxylation sites is 1. The lowest BCUT2D eigenvalue weighted by Gasteiger charge is -2.17. The maximum atomic E-state index is 13.6. The Bertz CT molecular complexity index is 1270. The van der Waals surface area contributed by atoms with Gasteiger partial charge in [0, 0.05) is 30.1 Å². The molecule has 1 aliphatic rings. The van der Waals surface area contributed by atoms with E-state index in [4.69, 9.17) is 14.8 Å². The van der Waals surface area contributed by atoms with E-state index in [2.05, 4.69) is 5.32 Å². The molecule has 1 aromatic heterocycles. The highest BCUT2D eigenvalue weighted by Crippen LogP contribution is 2.43. The first kappa shape index (κ1) is 27.3. The summed E-state index contributed by atoms with van der Waals surface area (Å²) in [5.41, 5.74) is 2.47. The van der Waals surface area contributed by atoms with Gasteiger partial charge in [0.15, 0.2) is 0 Å². The molecule has 0 aliphatic heterocycles. The molecule has 0 radical (unpaired) electrons. The summed E-state index contributed by atoms with van der Waals surface area (Å²) in [5.74, 6) is -0.625. The monoisotopic (exact) mass is 525 g/mol. The lowest BCUT2D eigenvalue weighted by Crippen LogP contribution is -2.25. The summed E-state index contributed by atoms with van der Waals surface area (Å²) >= 11 is 0. The quantitative estimate of drug-likeness (QED) is 0.268. The Hall–Kier alpha value is -3.76. The van der Waals surface area contributed by atoms with Gasteiger partial charge in [0.2, 0.25) is 0 Å². The average molecular weight is 526 g/mol. The van der Waals surface area contributed by atoms with E-state index in [9.17, 15) is 24.2 Å². The summed E-state index contributed by atoms with van der Waals surface area (Å²) in [6, 6.07) is 13.2. The number of ether oxygens (including phenoxy) is 1. The van der Waals surface area contributed by atoms with Crippen LogP contribution in [-0.4, -0.2) is 56.1 Å². The van der Waals surface area contributed by atoms with Crippen molar-refractivity contribution in [2.24, 2.45) is 0 Å². The van der Waals surface area contributed by atoms with Gasteiger partial charge in [-0.25, -0.2) is 9.37 Å². The summed E-state index contributed by atoms with van der Waals surface area (Å²) in [6.07, 6.45) is -0.667. The third-order valence-corrected chi connectivity index (χ3v) is 6.56. The minimum atomic E-state index is -1.17. The van der Waals surface area contributed by atoms with Crippen LogP contribution in [0.2, 0.25) is 0 Å². The lowest BCUT2D eigenvalue weighted by atomic mass is 10.1. The Morgan fingerprint density at radius 3 is 2.50 bits per heavy atom. The molecule has 10 heteroatoms. The molecule has 2 aromatic carbocycles. The van der Waals surface area contributed by atoms with Crippen molar-refractivity contribution >= 4 is 11.9 Å². The predicted octanol–water partition coefficient (Wildman–Crippen LogP) is 3.48. The van der Waals surface area contributed by atoms with Gasteiger partial charge in [0.1, 0.15) is 23.1 Å². The van der Waals surface area contributed by atoms with E-state index in [1.165, 1.54) is 12.1 Å². The summed E-state index contributed by atoms with van der Waals surface area (Å²) < 4.78 is 20.9. The van der Waals surface area contributed by atoms with Gasteiger partial charge in [-0.3, -0.25) is 9.59 Å². The molecule has 1 heterocycles. The molecule has 4 rings (SSSR count). The van der Waals surface area contributed by atoms with Crippen molar-refractivity contribution in [1.29, 1.82) is 0 Å². The normalized spacial score (nSPS) is 14.6. The molecule has 0 spiro atoms. The molecule has 9 nitrogen and oxygen atoms in total. The molecule has 0 unspecified atom stereocenters. The Balaban J connectivity index is 1.61. The maximum absolute atomic E-state index is 13.6. The van der Waals surface area contributed by atoms with Crippen molar-refractivity contribution in [1.82, 2.24) is 14.9 Å². The number of methoxy groups -OCH3 is 1. The van der Waals surface area contributed by atoms with E-state index in [1.54, 1.807) is 19.2 Å². The number of aromatic nitrogens is 2. The van der Waals surface area contributed by atoms with Crippen LogP contribution in [0.15, 0.2) is 48.5 Å². The number of carbonyl (C=O) groups excluding carboxylic acids is 1. The van der Waals surface area contributed by atoms with Gasteiger partial charge in [-0.05, 0) is 56.0 Å². The second kappa shape index (κ2) is 12.2. The number of imidazole rings is 1. The molecule has 0 bridgehead atoms. The number of nitrogens with one attached hydrogen (secondary N) is 1. The molecule has 1 aliphatic carbocycles. The smallest absolute Gasteiger partial charge is 0.305 e. The molecule has 2 atom stereocenters. The number of aliphatic hydroxyl groups is 2. The van der Waals surface area contributed by atoms with Crippen molar-refractivity contribution in [3.63, 3.8) is 0 Å². The van der Waals surface area contributed by atoms with Crippen LogP contribution >= 0.6 is 0 Å². The predicted molar refractivity (Wildman–Crippen MR) is 137 cm³/mol. The van der Waals surface area contributed by atoms with E-state index < -0.39 is 30.4 Å². The minimum absolute atomic E-state index is 0.0854. The number of hydrogen-bond donors (Lipinski definition) is 4. The number of hydrogen-bond acceptors (Lipinski definition) is 6. The van der Waals surface area contributed by atoms with Crippen LogP contribution in [0, 0.1) is 5.82 Å². The minimum Gasteiger partial charge on any atom is -0.496 e. The number of carboxylic acid groups (broad SMARTS) is 1. The second-order valence-corrected chi connectivity index (χ2v) is 9.53. The highest BCUT2D eigenvalue weighted by atomic mass is 19.1. The van der Waals surface area contributed by atoms with Gasteiger partial charge in [0.05, 0.1) is 31.4 Å². The standard InChI is InChI=1S/C28H32FN3O6/c1-38-23-5-3-2-4-19(23)16-30-28(37)25-26(17-6-7-17)32(13-12-21(33)14-22(34)15-24(35)36)27(31-25)18-8-10-20(29)11-9-18/h2-5,8-11,17,21-22,33-34H,6-7,12-16H2,1H3,(H,30,37)(H,35,36)/t21-,22-/m1/s1. The van der Waals surface area contributed by atoms with Crippen molar-refractivity contribution < 1.29 is 34.0 Å². The SMILES string of the molecule is COc1ccccc1CNC(=O)c1nc(-c2ccc(F)cc2)n(CC[C@@H](O)C[C@@H](O)CC(=O)O)c1C1CC1. The number of carbonyl (C=O) groups is 2. The number of halogens is 1. The van der Waals surface area contributed by atoms with Crippen LogP contribution in [0.1, 0.15) is 59.8 Å². The van der Waals surface area contributed by atoms with Crippen LogP contribution in [-0.2, 0) is 17.9 Å². The van der Waals surface area contributed by atoms with Gasteiger partial charge in [-0.15, -0.1) is 0 Å². The van der Waals surface area contributed by atoms with Gasteiger partial charge < -0.3 is 29.9 Å². The number of rotatable bonds is 13. The Morgan fingerprint density at radius 1 is 1.13 bits per heavy atom. The molecular formula is C28H32FN3O6. The molecule has 3 aromatic rings. The third kappa shape index (κ3) is 6.76. The number of benzene rings is 2. The first-order chi connectivity index (χ1) is 18.3. The molecule has 4 N–H and O–H groups in total. The van der Waals surface area contributed by atoms with Gasteiger partial charge in [0.25, 0.3) is 5.91 Å². The highest BCUT2D eigenvalue weighted by Gasteiger charge is 2.35. The third-order valence-electron chi connectivity index (χ3n) is 6.56. The number of nitrogens with zero attached hydrogens (tertiary/aromatic N) is 2. The van der Waals surface area contributed by atoms with Crippen molar-refractivity contribution in [2.75, 3.05) is 7.11 Å². The molecule has 202 valence electrons. The summed E-state index contributed by atoms with van der Waals surface area (Å²) in [4.78, 5) is 28.9. The fraction of sp³-hybridized carbons (Fsp3) is 0.393. The largest absolute Gasteiger partial charge is 0.496 e. The zero-order valence-corrected chi connectivity index (χ0v) is 21.1. The van der Waals surface area contributed by atoms with Crippen LogP contribution in [0.5, 0.6) is 5.75 Å². The fourth-order valence-corrected chi connectivity index (χ4v) is 4.55. The molecule has 0 saturated heterocycles. The first-order valence-corrected chi connectivity index (χ1v) is 12.6. The highest BCUT2D eigenvalue weighted by molar-refractivity contribution is 5.94. The van der Waals surface area contributed by atoms with Crippen LogP contribution in [0.25, 0.3) is 11.4 Å². The molecule has 1 amide bonds.